The van der Waals surface area contributed by atoms with Crippen LogP contribution in [0.3, 0.4) is 0 Å². The molecule has 1 heterocycles. The Hall–Kier alpha value is -3.06. The quantitative estimate of drug-likeness (QED) is 0.647. The molecule has 29 heavy (non-hydrogen) atoms. The lowest BCUT2D eigenvalue weighted by atomic mass is 10.1. The minimum absolute atomic E-state index is 0.0983. The van der Waals surface area contributed by atoms with Crippen LogP contribution in [0.5, 0.6) is 5.75 Å². The van der Waals surface area contributed by atoms with E-state index >= 15 is 0 Å². The van der Waals surface area contributed by atoms with E-state index < -0.39 is 0 Å². The van der Waals surface area contributed by atoms with Gasteiger partial charge in [-0.05, 0) is 36.4 Å². The number of phenols is 1. The summed E-state index contributed by atoms with van der Waals surface area (Å²) in [7, 11) is 3.63. The van der Waals surface area contributed by atoms with Crippen molar-refractivity contribution in [3.8, 4) is 5.75 Å². The lowest BCUT2D eigenvalue weighted by molar-refractivity contribution is -0.885. The van der Waals surface area contributed by atoms with E-state index in [9.17, 15) is 14.7 Å². The van der Waals surface area contributed by atoms with Gasteiger partial charge in [0.05, 0.1) is 7.05 Å². The van der Waals surface area contributed by atoms with Gasteiger partial charge < -0.3 is 25.1 Å². The highest BCUT2D eigenvalue weighted by molar-refractivity contribution is 5.93. The lowest BCUT2D eigenvalue weighted by Crippen LogP contribution is -3.09. The van der Waals surface area contributed by atoms with Gasteiger partial charge in [-0.1, -0.05) is 12.1 Å². The Morgan fingerprint density at radius 3 is 2.21 bits per heavy atom. The predicted molar refractivity (Wildman–Crippen MR) is 112 cm³/mol. The van der Waals surface area contributed by atoms with Gasteiger partial charge in [-0.25, -0.2) is 0 Å². The second-order valence-electron chi connectivity index (χ2n) is 7.47. The van der Waals surface area contributed by atoms with E-state index in [1.54, 1.807) is 19.2 Å². The van der Waals surface area contributed by atoms with Crippen molar-refractivity contribution in [3.05, 3.63) is 59.7 Å². The zero-order valence-corrected chi connectivity index (χ0v) is 17.0. The van der Waals surface area contributed by atoms with Crippen LogP contribution in [0, 0.1) is 0 Å². The van der Waals surface area contributed by atoms with Gasteiger partial charge in [0.15, 0.2) is 6.54 Å². The van der Waals surface area contributed by atoms with Crippen LogP contribution < -0.4 is 15.1 Å². The van der Waals surface area contributed by atoms with Gasteiger partial charge in [0.1, 0.15) is 12.3 Å². The Morgan fingerprint density at radius 1 is 1.00 bits per heavy atom. The number of quaternary nitrogens is 1. The molecule has 0 aromatic heterocycles. The second kappa shape index (κ2) is 9.43. The van der Waals surface area contributed by atoms with Crippen LogP contribution in [-0.4, -0.2) is 68.6 Å². The average molecular weight is 397 g/mol. The molecule has 0 spiro atoms. The average Bonchev–Trinajstić information content (AvgIpc) is 2.74. The molecule has 3 N–H and O–H groups in total. The topological polar surface area (TPSA) is 77.3 Å². The number of nitrogens with one attached hydrogen (secondary N) is 2. The summed E-state index contributed by atoms with van der Waals surface area (Å²) in [5.41, 5.74) is 2.80. The molecule has 1 unspecified atom stereocenters. The van der Waals surface area contributed by atoms with Crippen molar-refractivity contribution in [1.29, 1.82) is 0 Å². The standard InChI is InChI=1S/C22H28N4O3/c1-23-22(29)18-5-3-17(4-6-18)15-24(2)16-21(28)26-13-11-25(12-14-26)19-7-9-20(27)10-8-19/h3-10,27H,11-16H2,1-2H3,(H,23,29)/p+1. The number of likely N-dealkylation sites (N-methyl/N-ethyl adjacent to an activating group) is 1. The summed E-state index contributed by atoms with van der Waals surface area (Å²) in [5.74, 6) is 0.325. The maximum absolute atomic E-state index is 12.7. The number of carbonyl (C=O) groups is 2. The van der Waals surface area contributed by atoms with Crippen molar-refractivity contribution in [1.82, 2.24) is 10.2 Å². The van der Waals surface area contributed by atoms with Crippen molar-refractivity contribution in [2.45, 2.75) is 6.54 Å². The summed E-state index contributed by atoms with van der Waals surface area (Å²) in [6.45, 7) is 4.15. The molecule has 0 bridgehead atoms. The zero-order chi connectivity index (χ0) is 20.8. The number of aromatic hydroxyl groups is 1. The number of carbonyl (C=O) groups excluding carboxylic acids is 2. The van der Waals surface area contributed by atoms with Crippen LogP contribution >= 0.6 is 0 Å². The van der Waals surface area contributed by atoms with Crippen molar-refractivity contribution in [2.24, 2.45) is 0 Å². The van der Waals surface area contributed by atoms with E-state index in [-0.39, 0.29) is 17.6 Å². The van der Waals surface area contributed by atoms with Crippen LogP contribution in [0.2, 0.25) is 0 Å². The first-order valence-corrected chi connectivity index (χ1v) is 9.90. The Kier molecular flexibility index (Phi) is 6.72. The van der Waals surface area contributed by atoms with E-state index in [2.05, 4.69) is 10.2 Å². The first-order valence-electron chi connectivity index (χ1n) is 9.90. The van der Waals surface area contributed by atoms with Crippen LogP contribution in [0.25, 0.3) is 0 Å². The first kappa shape index (κ1) is 20.7. The first-order chi connectivity index (χ1) is 14.0. The Balaban J connectivity index is 1.46. The molecule has 7 heteroatoms. The molecule has 2 amide bonds. The van der Waals surface area contributed by atoms with E-state index in [0.29, 0.717) is 25.2 Å². The van der Waals surface area contributed by atoms with E-state index in [0.717, 1.165) is 35.8 Å². The highest BCUT2D eigenvalue weighted by Crippen LogP contribution is 2.19. The molecule has 1 aliphatic rings. The fourth-order valence-corrected chi connectivity index (χ4v) is 3.58. The largest absolute Gasteiger partial charge is 0.508 e. The minimum atomic E-state index is -0.0983. The lowest BCUT2D eigenvalue weighted by Gasteiger charge is -2.36. The highest BCUT2D eigenvalue weighted by Gasteiger charge is 2.23. The molecule has 1 atom stereocenters. The number of amides is 2. The van der Waals surface area contributed by atoms with Gasteiger partial charge in [-0.2, -0.15) is 0 Å². The molecule has 0 radical (unpaired) electrons. The Labute approximate surface area is 171 Å². The number of hydrogen-bond acceptors (Lipinski definition) is 4. The molecule has 7 nitrogen and oxygen atoms in total. The zero-order valence-electron chi connectivity index (χ0n) is 17.0. The van der Waals surface area contributed by atoms with Gasteiger partial charge in [0.25, 0.3) is 11.8 Å². The molecule has 1 saturated heterocycles. The number of piperazine rings is 1. The summed E-state index contributed by atoms with van der Waals surface area (Å²) in [6.07, 6.45) is 0. The molecule has 0 aliphatic carbocycles. The van der Waals surface area contributed by atoms with Crippen molar-refractivity contribution in [3.63, 3.8) is 0 Å². The van der Waals surface area contributed by atoms with Crippen LogP contribution in [0.4, 0.5) is 5.69 Å². The molecule has 0 saturated carbocycles. The molecule has 2 aromatic carbocycles. The molecular weight excluding hydrogens is 368 g/mol. The Bertz CT molecular complexity index is 828. The number of phenolic OH excluding ortho intramolecular Hbond substituents is 1. The molecule has 154 valence electrons. The van der Waals surface area contributed by atoms with Crippen molar-refractivity contribution >= 4 is 17.5 Å². The van der Waals surface area contributed by atoms with Crippen molar-refractivity contribution in [2.75, 3.05) is 51.7 Å². The summed E-state index contributed by atoms with van der Waals surface area (Å²) in [5, 5.41) is 12.0. The SMILES string of the molecule is CNC(=O)c1ccc(C[NH+](C)CC(=O)N2CCN(c3ccc(O)cc3)CC2)cc1. The minimum Gasteiger partial charge on any atom is -0.508 e. The van der Waals surface area contributed by atoms with Gasteiger partial charge in [-0.3, -0.25) is 9.59 Å². The van der Waals surface area contributed by atoms with Gasteiger partial charge in [-0.15, -0.1) is 0 Å². The van der Waals surface area contributed by atoms with Crippen molar-refractivity contribution < 1.29 is 19.6 Å². The van der Waals surface area contributed by atoms with Crippen LogP contribution in [-0.2, 0) is 11.3 Å². The van der Waals surface area contributed by atoms with Crippen LogP contribution in [0.15, 0.2) is 48.5 Å². The van der Waals surface area contributed by atoms with Gasteiger partial charge in [0.2, 0.25) is 0 Å². The Morgan fingerprint density at radius 2 is 1.62 bits per heavy atom. The number of rotatable bonds is 6. The molecule has 3 rings (SSSR count). The summed E-state index contributed by atoms with van der Waals surface area (Å²) in [6, 6.07) is 14.7. The van der Waals surface area contributed by atoms with E-state index in [1.165, 1.54) is 0 Å². The molecule has 2 aromatic rings. The number of anilines is 1. The number of hydrogen-bond donors (Lipinski definition) is 3. The number of nitrogens with zero attached hydrogens (tertiary/aromatic N) is 2. The molecule has 1 aliphatic heterocycles. The maximum Gasteiger partial charge on any atom is 0.277 e. The third kappa shape index (κ3) is 5.48. The maximum atomic E-state index is 12.7. The predicted octanol–water partition coefficient (Wildman–Crippen LogP) is 0.115. The van der Waals surface area contributed by atoms with Gasteiger partial charge in [0, 0.05) is 50.0 Å². The van der Waals surface area contributed by atoms with E-state index in [4.69, 9.17) is 0 Å². The van der Waals surface area contributed by atoms with Crippen LogP contribution in [0.1, 0.15) is 15.9 Å². The molecule has 1 fully saturated rings. The fourth-order valence-electron chi connectivity index (χ4n) is 3.58. The van der Waals surface area contributed by atoms with E-state index in [1.807, 2.05) is 48.3 Å². The summed E-state index contributed by atoms with van der Waals surface area (Å²) >= 11 is 0. The fraction of sp³-hybridized carbons (Fsp3) is 0.364. The summed E-state index contributed by atoms with van der Waals surface area (Å²) < 4.78 is 0. The second-order valence-corrected chi connectivity index (χ2v) is 7.47. The van der Waals surface area contributed by atoms with Gasteiger partial charge >= 0.3 is 0 Å². The third-order valence-electron chi connectivity index (χ3n) is 5.25. The molecular formula is C22H29N4O3+. The third-order valence-corrected chi connectivity index (χ3v) is 5.25. The smallest absolute Gasteiger partial charge is 0.277 e. The monoisotopic (exact) mass is 397 g/mol. The summed E-state index contributed by atoms with van der Waals surface area (Å²) in [4.78, 5) is 29.6. The number of benzene rings is 2. The highest BCUT2D eigenvalue weighted by atomic mass is 16.3. The normalized spacial score (nSPS) is 15.1.